The molecule has 0 amide bonds. The molecule has 3 aliphatic rings. The minimum absolute atomic E-state index is 0. The third kappa shape index (κ3) is 6.36. The van der Waals surface area contributed by atoms with Gasteiger partial charge in [-0.1, -0.05) is 112 Å². The molecule has 3 aromatic rings. The van der Waals surface area contributed by atoms with E-state index < -0.39 is 7.26 Å². The van der Waals surface area contributed by atoms with E-state index in [1.165, 1.54) is 97.1 Å². The molecule has 0 N–H and O–H groups in total. The topological polar surface area (TPSA) is 12.4 Å². The predicted octanol–water partition coefficient (Wildman–Crippen LogP) is 6.50. The van der Waals surface area contributed by atoms with Crippen LogP contribution in [0.25, 0.3) is 0 Å². The van der Waals surface area contributed by atoms with Gasteiger partial charge in [-0.25, -0.2) is 0 Å². The fraction of sp³-hybridized carbons (Fsp3) is 0.359. The molecule has 1 unspecified atom stereocenters. The van der Waals surface area contributed by atoms with Gasteiger partial charge in [0.1, 0.15) is 29.3 Å². The Labute approximate surface area is 265 Å². The van der Waals surface area contributed by atoms with Crippen LogP contribution in [0.4, 0.5) is 0 Å². The Hall–Kier alpha value is -2.54. The molecule has 218 valence electrons. The first-order valence-corrected chi connectivity index (χ1v) is 18.1. The lowest BCUT2D eigenvalue weighted by atomic mass is 9.80. The molecule has 0 spiro atoms. The van der Waals surface area contributed by atoms with Gasteiger partial charge in [-0.3, -0.25) is 4.99 Å². The molecule has 1 saturated carbocycles. The molecule has 0 aromatic heterocycles. The Kier molecular flexibility index (Phi) is 10.9. The van der Waals surface area contributed by atoms with Crippen LogP contribution in [-0.2, 0) is 0 Å². The Balaban J connectivity index is 0.00000353. The molecular formula is C39H45BrNP. The van der Waals surface area contributed by atoms with Crippen LogP contribution in [0.3, 0.4) is 0 Å². The van der Waals surface area contributed by atoms with Gasteiger partial charge in [0, 0.05) is 17.2 Å². The molecule has 1 atom stereocenters. The smallest absolute Gasteiger partial charge is 0.116 e. The number of unbranched alkanes of at least 4 members (excludes halogenated alkanes) is 5. The van der Waals surface area contributed by atoms with Crippen LogP contribution in [0.2, 0.25) is 0 Å². The van der Waals surface area contributed by atoms with Crippen molar-refractivity contribution in [3.63, 3.8) is 0 Å². The zero-order valence-corrected chi connectivity index (χ0v) is 27.6. The summed E-state index contributed by atoms with van der Waals surface area (Å²) in [6, 6.07) is 34.0. The number of benzene rings is 3. The first-order chi connectivity index (χ1) is 20.3. The van der Waals surface area contributed by atoms with Crippen LogP contribution in [0.15, 0.2) is 131 Å². The number of nitrogens with zero attached hydrogens (tertiary/aromatic N) is 1. The average molecular weight is 639 g/mol. The number of halogens is 1. The van der Waals surface area contributed by atoms with Crippen LogP contribution in [0.5, 0.6) is 0 Å². The molecule has 0 saturated heterocycles. The average Bonchev–Trinajstić information content (AvgIpc) is 3.44. The molecule has 3 aromatic carbocycles. The van der Waals surface area contributed by atoms with Crippen molar-refractivity contribution < 1.29 is 17.0 Å². The van der Waals surface area contributed by atoms with Gasteiger partial charge in [0.2, 0.25) is 0 Å². The SMILES string of the molecule is CCCCCCCCC1C=CC(C[P+](c2ccccc2)(c2ccccc2)c2ccccc2)=C2N=C3CCCCC3=C21.[Br-]. The van der Waals surface area contributed by atoms with E-state index in [0.717, 1.165) is 12.6 Å². The molecule has 6 rings (SSSR count). The van der Waals surface area contributed by atoms with E-state index >= 15 is 0 Å². The second-order valence-electron chi connectivity index (χ2n) is 12.0. The van der Waals surface area contributed by atoms with E-state index in [9.17, 15) is 0 Å². The van der Waals surface area contributed by atoms with Crippen LogP contribution >= 0.6 is 7.26 Å². The second kappa shape index (κ2) is 14.8. The fourth-order valence-corrected chi connectivity index (χ4v) is 11.5. The largest absolute Gasteiger partial charge is 1.00 e. The lowest BCUT2D eigenvalue weighted by Gasteiger charge is -2.30. The van der Waals surface area contributed by atoms with Crippen molar-refractivity contribution in [2.75, 3.05) is 6.16 Å². The maximum atomic E-state index is 5.49. The van der Waals surface area contributed by atoms with Crippen molar-refractivity contribution in [1.29, 1.82) is 0 Å². The number of hydrogen-bond acceptors (Lipinski definition) is 1. The summed E-state index contributed by atoms with van der Waals surface area (Å²) in [5.41, 5.74) is 7.38. The highest BCUT2D eigenvalue weighted by molar-refractivity contribution is 7.95. The fourth-order valence-electron chi connectivity index (χ4n) is 7.23. The molecule has 1 nitrogen and oxygen atoms in total. The molecule has 3 heteroatoms. The standard InChI is InChI=1S/C39H45NP.BrH/c1-2-3-4-5-6-10-19-31-28-29-32(39-38(31)36-26-17-18-27-37(36)40-39)30-41(33-20-11-7-12-21-33,34-22-13-8-14-23-34)35-24-15-9-16-25-35;/h7-9,11-16,20-25,28-29,31H,2-6,10,17-19,26-27,30H2,1H3;1H/q+1;/p-1. The van der Waals surface area contributed by atoms with Crippen molar-refractivity contribution >= 4 is 28.9 Å². The zero-order valence-electron chi connectivity index (χ0n) is 25.1. The van der Waals surface area contributed by atoms with Crippen molar-refractivity contribution in [2.45, 2.75) is 77.6 Å². The molecular weight excluding hydrogens is 593 g/mol. The number of rotatable bonds is 12. The molecule has 1 fully saturated rings. The summed E-state index contributed by atoms with van der Waals surface area (Å²) < 4.78 is 0. The van der Waals surface area contributed by atoms with Gasteiger partial charge >= 0.3 is 0 Å². The summed E-state index contributed by atoms with van der Waals surface area (Å²) in [5, 5.41) is 4.35. The second-order valence-corrected chi connectivity index (χ2v) is 15.5. The quantitative estimate of drug-likeness (QED) is 0.159. The highest BCUT2D eigenvalue weighted by Crippen LogP contribution is 2.58. The lowest BCUT2D eigenvalue weighted by Crippen LogP contribution is -3.00. The van der Waals surface area contributed by atoms with Gasteiger partial charge in [-0.2, -0.15) is 0 Å². The number of hydrogen-bond donors (Lipinski definition) is 0. The summed E-state index contributed by atoms with van der Waals surface area (Å²) in [7, 11) is -1.97. The summed E-state index contributed by atoms with van der Waals surface area (Å²) in [4.78, 5) is 5.49. The molecule has 42 heavy (non-hydrogen) atoms. The highest BCUT2D eigenvalue weighted by Gasteiger charge is 2.47. The third-order valence-corrected chi connectivity index (χ3v) is 13.7. The van der Waals surface area contributed by atoms with E-state index in [1.807, 2.05) is 0 Å². The maximum absolute atomic E-state index is 5.49. The van der Waals surface area contributed by atoms with Gasteiger partial charge in [0.05, 0.1) is 5.70 Å². The van der Waals surface area contributed by atoms with Crippen molar-refractivity contribution in [3.05, 3.63) is 126 Å². The molecule has 1 aliphatic heterocycles. The lowest BCUT2D eigenvalue weighted by molar-refractivity contribution is -0.00000818. The zero-order chi connectivity index (χ0) is 27.9. The van der Waals surface area contributed by atoms with E-state index in [2.05, 4.69) is 110 Å². The summed E-state index contributed by atoms with van der Waals surface area (Å²) in [5.74, 6) is 0.521. The normalized spacial score (nSPS) is 17.9. The van der Waals surface area contributed by atoms with E-state index in [0.29, 0.717) is 5.92 Å². The van der Waals surface area contributed by atoms with Crippen molar-refractivity contribution in [3.8, 4) is 0 Å². The van der Waals surface area contributed by atoms with Crippen LogP contribution in [0.1, 0.15) is 77.6 Å². The molecule has 0 radical (unpaired) electrons. The van der Waals surface area contributed by atoms with Crippen molar-refractivity contribution in [2.24, 2.45) is 10.9 Å². The minimum Gasteiger partial charge on any atom is -1.00 e. The third-order valence-electron chi connectivity index (χ3n) is 9.34. The Morgan fingerprint density at radius 2 is 1.24 bits per heavy atom. The van der Waals surface area contributed by atoms with Crippen LogP contribution in [0, 0.1) is 5.92 Å². The Morgan fingerprint density at radius 3 is 1.83 bits per heavy atom. The molecule has 2 aliphatic carbocycles. The van der Waals surface area contributed by atoms with Gasteiger partial charge < -0.3 is 17.0 Å². The number of fused-ring (bicyclic) bond motifs is 2. The molecule has 0 bridgehead atoms. The monoisotopic (exact) mass is 637 g/mol. The Morgan fingerprint density at radius 1 is 0.690 bits per heavy atom. The van der Waals surface area contributed by atoms with Gasteiger partial charge in [0.15, 0.2) is 0 Å². The minimum atomic E-state index is -1.97. The summed E-state index contributed by atoms with van der Waals surface area (Å²) in [6.45, 7) is 2.30. The number of aliphatic imine (C=N–C) groups is 1. The van der Waals surface area contributed by atoms with E-state index in [4.69, 9.17) is 4.99 Å². The van der Waals surface area contributed by atoms with Gasteiger partial charge in [-0.15, -0.1) is 0 Å². The first kappa shape index (κ1) is 30.9. The maximum Gasteiger partial charge on any atom is 0.116 e. The van der Waals surface area contributed by atoms with E-state index in [-0.39, 0.29) is 17.0 Å². The van der Waals surface area contributed by atoms with Gasteiger partial charge in [0.25, 0.3) is 0 Å². The summed E-state index contributed by atoms with van der Waals surface area (Å²) in [6.07, 6.45) is 20.4. The van der Waals surface area contributed by atoms with Crippen LogP contribution in [-0.4, -0.2) is 11.9 Å². The van der Waals surface area contributed by atoms with Crippen molar-refractivity contribution in [1.82, 2.24) is 0 Å². The van der Waals surface area contributed by atoms with E-state index in [1.54, 1.807) is 11.1 Å². The highest BCUT2D eigenvalue weighted by atomic mass is 79.9. The Bertz CT molecular complexity index is 1340. The summed E-state index contributed by atoms with van der Waals surface area (Å²) >= 11 is 0. The van der Waals surface area contributed by atoms with Crippen LogP contribution < -0.4 is 32.9 Å². The first-order valence-electron chi connectivity index (χ1n) is 16.1. The van der Waals surface area contributed by atoms with Gasteiger partial charge in [-0.05, 0) is 79.6 Å². The molecule has 1 heterocycles. The predicted molar refractivity (Wildman–Crippen MR) is 181 cm³/mol. The number of allylic oxidation sites excluding steroid dienone is 5.